The van der Waals surface area contributed by atoms with Gasteiger partial charge in [0.1, 0.15) is 11.4 Å². The van der Waals surface area contributed by atoms with Gasteiger partial charge in [0.05, 0.1) is 19.5 Å². The van der Waals surface area contributed by atoms with Crippen molar-refractivity contribution in [3.05, 3.63) is 35.9 Å². The van der Waals surface area contributed by atoms with E-state index in [2.05, 4.69) is 10.1 Å². The summed E-state index contributed by atoms with van der Waals surface area (Å²) >= 11 is 0. The zero-order valence-electron chi connectivity index (χ0n) is 9.89. The second-order valence-electron chi connectivity index (χ2n) is 4.28. The Morgan fingerprint density at radius 3 is 3.00 bits per heavy atom. The Morgan fingerprint density at radius 2 is 2.12 bits per heavy atom. The maximum atomic E-state index is 5.36. The molecule has 2 heterocycles. The van der Waals surface area contributed by atoms with Crippen molar-refractivity contribution in [3.8, 4) is 11.4 Å². The normalized spacial score (nSPS) is 14.4. The van der Waals surface area contributed by atoms with Crippen molar-refractivity contribution in [3.63, 3.8) is 0 Å². The average molecular weight is 229 g/mol. The van der Waals surface area contributed by atoms with Crippen LogP contribution in [0.3, 0.4) is 0 Å². The largest absolute Gasteiger partial charge is 0.494 e. The average Bonchev–Trinajstić information content (AvgIpc) is 2.82. The first-order valence-corrected chi connectivity index (χ1v) is 5.94. The lowest BCUT2D eigenvalue weighted by molar-refractivity contribution is 0.410. The first-order valence-electron chi connectivity index (χ1n) is 5.94. The lowest BCUT2D eigenvalue weighted by atomic mass is 9.98. The van der Waals surface area contributed by atoms with E-state index in [0.717, 1.165) is 24.3 Å². The Labute approximate surface area is 100 Å². The first kappa shape index (κ1) is 10.3. The van der Waals surface area contributed by atoms with E-state index < -0.39 is 0 Å². The molecule has 0 amide bonds. The highest BCUT2D eigenvalue weighted by Gasteiger charge is 2.17. The fourth-order valence-corrected chi connectivity index (χ4v) is 2.40. The van der Waals surface area contributed by atoms with E-state index in [4.69, 9.17) is 4.74 Å². The summed E-state index contributed by atoms with van der Waals surface area (Å²) in [5.41, 5.74) is 3.60. The third-order valence-corrected chi connectivity index (χ3v) is 3.27. The lowest BCUT2D eigenvalue weighted by Gasteiger charge is -2.15. The third-order valence-electron chi connectivity index (χ3n) is 3.27. The summed E-state index contributed by atoms with van der Waals surface area (Å²) in [7, 11) is 1.68. The third kappa shape index (κ3) is 1.69. The highest BCUT2D eigenvalue weighted by atomic mass is 16.5. The van der Waals surface area contributed by atoms with Gasteiger partial charge >= 0.3 is 0 Å². The molecule has 17 heavy (non-hydrogen) atoms. The monoisotopic (exact) mass is 229 g/mol. The van der Waals surface area contributed by atoms with Crippen molar-refractivity contribution in [1.82, 2.24) is 14.8 Å². The van der Waals surface area contributed by atoms with Gasteiger partial charge in [-0.2, -0.15) is 5.10 Å². The van der Waals surface area contributed by atoms with Crippen molar-refractivity contribution in [2.45, 2.75) is 25.7 Å². The van der Waals surface area contributed by atoms with E-state index in [-0.39, 0.29) is 0 Å². The SMILES string of the molecule is COc1ccncc1-n1ncc2c1CCCC2. The van der Waals surface area contributed by atoms with Crippen molar-refractivity contribution < 1.29 is 4.74 Å². The van der Waals surface area contributed by atoms with Crippen LogP contribution >= 0.6 is 0 Å². The molecule has 0 unspecified atom stereocenters. The number of rotatable bonds is 2. The van der Waals surface area contributed by atoms with E-state index in [1.54, 1.807) is 19.5 Å². The number of methoxy groups -OCH3 is 1. The highest BCUT2D eigenvalue weighted by molar-refractivity contribution is 5.45. The summed E-state index contributed by atoms with van der Waals surface area (Å²) in [5.74, 6) is 0.816. The lowest BCUT2D eigenvalue weighted by Crippen LogP contribution is -2.09. The van der Waals surface area contributed by atoms with Crippen LogP contribution in [0, 0.1) is 0 Å². The van der Waals surface area contributed by atoms with Crippen LogP contribution < -0.4 is 4.74 Å². The molecule has 1 aliphatic rings. The van der Waals surface area contributed by atoms with Gasteiger partial charge in [0, 0.05) is 18.0 Å². The Hall–Kier alpha value is -1.84. The molecular weight excluding hydrogens is 214 g/mol. The summed E-state index contributed by atoms with van der Waals surface area (Å²) in [6, 6.07) is 1.87. The number of fused-ring (bicyclic) bond motifs is 1. The summed E-state index contributed by atoms with van der Waals surface area (Å²) in [6.45, 7) is 0. The molecule has 0 N–H and O–H groups in total. The molecule has 0 fully saturated rings. The molecule has 0 aromatic carbocycles. The molecule has 2 aromatic rings. The van der Waals surface area contributed by atoms with Gasteiger partial charge in [0.15, 0.2) is 0 Å². The Morgan fingerprint density at radius 1 is 1.24 bits per heavy atom. The quantitative estimate of drug-likeness (QED) is 0.792. The van der Waals surface area contributed by atoms with Crippen LogP contribution in [0.4, 0.5) is 0 Å². The first-order chi connectivity index (χ1) is 8.40. The summed E-state index contributed by atoms with van der Waals surface area (Å²) in [6.07, 6.45) is 10.2. The van der Waals surface area contributed by atoms with E-state index >= 15 is 0 Å². The maximum Gasteiger partial charge on any atom is 0.147 e. The number of hydrogen-bond acceptors (Lipinski definition) is 3. The topological polar surface area (TPSA) is 39.9 Å². The zero-order chi connectivity index (χ0) is 11.7. The minimum Gasteiger partial charge on any atom is -0.494 e. The number of aryl methyl sites for hydroxylation is 1. The van der Waals surface area contributed by atoms with Crippen molar-refractivity contribution in [1.29, 1.82) is 0 Å². The standard InChI is InChI=1S/C13H15N3O/c1-17-13-6-7-14-9-12(13)16-11-5-3-2-4-10(11)8-15-16/h6-9H,2-5H2,1H3. The number of nitrogens with zero attached hydrogens (tertiary/aromatic N) is 3. The molecule has 1 aliphatic carbocycles. The van der Waals surface area contributed by atoms with E-state index in [0.29, 0.717) is 0 Å². The number of pyridine rings is 1. The summed E-state index contributed by atoms with van der Waals surface area (Å²) in [5, 5.41) is 4.47. The summed E-state index contributed by atoms with van der Waals surface area (Å²) < 4.78 is 7.33. The second kappa shape index (κ2) is 4.20. The van der Waals surface area contributed by atoms with Crippen LogP contribution in [0.15, 0.2) is 24.7 Å². The van der Waals surface area contributed by atoms with Gasteiger partial charge in [-0.3, -0.25) is 4.98 Å². The molecule has 0 saturated carbocycles. The molecular formula is C13H15N3O. The van der Waals surface area contributed by atoms with Gasteiger partial charge in [0.25, 0.3) is 0 Å². The molecule has 0 aliphatic heterocycles. The van der Waals surface area contributed by atoms with Gasteiger partial charge in [-0.1, -0.05) is 0 Å². The van der Waals surface area contributed by atoms with Gasteiger partial charge in [-0.05, 0) is 31.2 Å². The van der Waals surface area contributed by atoms with Gasteiger partial charge in [-0.15, -0.1) is 0 Å². The van der Waals surface area contributed by atoms with Crippen LogP contribution in [0.25, 0.3) is 5.69 Å². The second-order valence-corrected chi connectivity index (χ2v) is 4.28. The summed E-state index contributed by atoms with van der Waals surface area (Å²) in [4.78, 5) is 4.16. The van der Waals surface area contributed by atoms with Crippen LogP contribution in [0.1, 0.15) is 24.1 Å². The molecule has 4 nitrogen and oxygen atoms in total. The van der Waals surface area contributed by atoms with Crippen LogP contribution in [0.2, 0.25) is 0 Å². The Kier molecular flexibility index (Phi) is 2.55. The van der Waals surface area contributed by atoms with Crippen molar-refractivity contribution >= 4 is 0 Å². The van der Waals surface area contributed by atoms with Crippen LogP contribution in [-0.4, -0.2) is 21.9 Å². The van der Waals surface area contributed by atoms with Crippen molar-refractivity contribution in [2.24, 2.45) is 0 Å². The predicted octanol–water partition coefficient (Wildman–Crippen LogP) is 2.15. The molecule has 0 saturated heterocycles. The van der Waals surface area contributed by atoms with E-state index in [9.17, 15) is 0 Å². The molecule has 0 radical (unpaired) electrons. The minimum absolute atomic E-state index is 0.816. The minimum atomic E-state index is 0.816. The molecule has 0 bridgehead atoms. The number of ether oxygens (including phenoxy) is 1. The van der Waals surface area contributed by atoms with E-state index in [1.165, 1.54) is 24.1 Å². The fourth-order valence-electron chi connectivity index (χ4n) is 2.40. The molecule has 3 rings (SSSR count). The molecule has 0 spiro atoms. The molecule has 88 valence electrons. The molecule has 2 aromatic heterocycles. The van der Waals surface area contributed by atoms with Crippen LogP contribution in [0.5, 0.6) is 5.75 Å². The van der Waals surface area contributed by atoms with Gasteiger partial charge in [0.2, 0.25) is 0 Å². The smallest absolute Gasteiger partial charge is 0.147 e. The van der Waals surface area contributed by atoms with Gasteiger partial charge < -0.3 is 4.74 Å². The van der Waals surface area contributed by atoms with E-state index in [1.807, 2.05) is 16.9 Å². The highest BCUT2D eigenvalue weighted by Crippen LogP contribution is 2.27. The number of aromatic nitrogens is 3. The Bertz CT molecular complexity index is 533. The van der Waals surface area contributed by atoms with Crippen LogP contribution in [-0.2, 0) is 12.8 Å². The molecule has 4 heteroatoms. The zero-order valence-corrected chi connectivity index (χ0v) is 9.89. The predicted molar refractivity (Wildman–Crippen MR) is 64.6 cm³/mol. The molecule has 0 atom stereocenters. The fraction of sp³-hybridized carbons (Fsp3) is 0.385. The van der Waals surface area contributed by atoms with Crippen molar-refractivity contribution in [2.75, 3.05) is 7.11 Å². The maximum absolute atomic E-state index is 5.36. The number of hydrogen-bond donors (Lipinski definition) is 0. The van der Waals surface area contributed by atoms with Gasteiger partial charge in [-0.25, -0.2) is 4.68 Å². The Balaban J connectivity index is 2.12.